The third kappa shape index (κ3) is 2.50. The lowest BCUT2D eigenvalue weighted by Crippen LogP contribution is -2.17. The highest BCUT2D eigenvalue weighted by Gasteiger charge is 2.21. The van der Waals surface area contributed by atoms with Gasteiger partial charge in [0.1, 0.15) is 0 Å². The van der Waals surface area contributed by atoms with Gasteiger partial charge in [-0.25, -0.2) is 0 Å². The van der Waals surface area contributed by atoms with Gasteiger partial charge in [-0.05, 0) is 30.6 Å². The molecule has 0 amide bonds. The van der Waals surface area contributed by atoms with Crippen LogP contribution in [0.4, 0.5) is 0 Å². The van der Waals surface area contributed by atoms with Crippen molar-refractivity contribution < 1.29 is 0 Å². The van der Waals surface area contributed by atoms with Crippen LogP contribution in [0.1, 0.15) is 46.0 Å². The predicted molar refractivity (Wildman–Crippen MR) is 50.3 cm³/mol. The van der Waals surface area contributed by atoms with E-state index < -0.39 is 0 Å². The summed E-state index contributed by atoms with van der Waals surface area (Å²) in [5.74, 6) is 2.86. The summed E-state index contributed by atoms with van der Waals surface area (Å²) in [5, 5.41) is 0. The molecule has 1 saturated carbocycles. The zero-order valence-electron chi connectivity index (χ0n) is 7.97. The Morgan fingerprint density at radius 3 is 2.09 bits per heavy atom. The molecule has 0 N–H and O–H groups in total. The van der Waals surface area contributed by atoms with Crippen molar-refractivity contribution in [3.05, 3.63) is 6.92 Å². The molecule has 0 heterocycles. The van der Waals surface area contributed by atoms with Crippen molar-refractivity contribution in [2.45, 2.75) is 46.0 Å². The first-order chi connectivity index (χ1) is 5.24. The third-order valence-electron chi connectivity index (χ3n) is 3.24. The van der Waals surface area contributed by atoms with Crippen LogP contribution >= 0.6 is 0 Å². The van der Waals surface area contributed by atoms with Crippen LogP contribution in [-0.4, -0.2) is 0 Å². The van der Waals surface area contributed by atoms with Gasteiger partial charge in [-0.2, -0.15) is 0 Å². The van der Waals surface area contributed by atoms with E-state index in [2.05, 4.69) is 20.8 Å². The van der Waals surface area contributed by atoms with E-state index in [1.165, 1.54) is 25.7 Å². The highest BCUT2D eigenvalue weighted by molar-refractivity contribution is 4.74. The summed E-state index contributed by atoms with van der Waals surface area (Å²) in [4.78, 5) is 0. The van der Waals surface area contributed by atoms with E-state index in [1.54, 1.807) is 0 Å². The fourth-order valence-corrected chi connectivity index (χ4v) is 2.14. The molecule has 0 aromatic heterocycles. The summed E-state index contributed by atoms with van der Waals surface area (Å²) < 4.78 is 0. The molecule has 1 aliphatic rings. The minimum atomic E-state index is 0.903. The molecule has 1 aliphatic carbocycles. The van der Waals surface area contributed by atoms with Gasteiger partial charge < -0.3 is 0 Å². The molecule has 1 fully saturated rings. The van der Waals surface area contributed by atoms with Gasteiger partial charge >= 0.3 is 0 Å². The first-order valence-electron chi connectivity index (χ1n) is 5.03. The summed E-state index contributed by atoms with van der Waals surface area (Å²) in [6.07, 6.45) is 6.94. The van der Waals surface area contributed by atoms with E-state index in [1.807, 2.05) is 0 Å². The monoisotopic (exact) mass is 153 g/mol. The zero-order chi connectivity index (χ0) is 8.27. The number of hydrogen-bond donors (Lipinski definition) is 0. The van der Waals surface area contributed by atoms with Gasteiger partial charge in [0, 0.05) is 0 Å². The molecule has 0 unspecified atom stereocenters. The van der Waals surface area contributed by atoms with Crippen LogP contribution in [0.15, 0.2) is 0 Å². The lowest BCUT2D eigenvalue weighted by atomic mass is 9.76. The van der Waals surface area contributed by atoms with Gasteiger partial charge in [-0.1, -0.05) is 40.0 Å². The molecule has 0 saturated heterocycles. The molecule has 0 aromatic carbocycles. The maximum absolute atomic E-state index is 3.98. The second-order valence-electron chi connectivity index (χ2n) is 4.31. The number of rotatable bonds is 2. The normalized spacial score (nSPS) is 32.7. The summed E-state index contributed by atoms with van der Waals surface area (Å²) in [6.45, 7) is 8.69. The van der Waals surface area contributed by atoms with Crippen LogP contribution in [0.3, 0.4) is 0 Å². The molecule has 0 heteroatoms. The number of hydrogen-bond acceptors (Lipinski definition) is 0. The van der Waals surface area contributed by atoms with E-state index >= 15 is 0 Å². The minimum Gasteiger partial charge on any atom is -0.0625 e. The fraction of sp³-hybridized carbons (Fsp3) is 0.909. The average molecular weight is 153 g/mol. The van der Waals surface area contributed by atoms with E-state index in [0.717, 1.165) is 24.2 Å². The Bertz CT molecular complexity index is 96.6. The molecule has 0 bridgehead atoms. The van der Waals surface area contributed by atoms with Crippen molar-refractivity contribution in [3.8, 4) is 0 Å². The van der Waals surface area contributed by atoms with E-state index in [4.69, 9.17) is 0 Å². The lowest BCUT2D eigenvalue weighted by molar-refractivity contribution is 0.225. The van der Waals surface area contributed by atoms with Gasteiger partial charge in [0.05, 0.1) is 0 Å². The van der Waals surface area contributed by atoms with Crippen molar-refractivity contribution in [3.63, 3.8) is 0 Å². The highest BCUT2D eigenvalue weighted by Crippen LogP contribution is 2.34. The first-order valence-corrected chi connectivity index (χ1v) is 5.03. The highest BCUT2D eigenvalue weighted by atomic mass is 14.3. The molecule has 0 spiro atoms. The van der Waals surface area contributed by atoms with Crippen LogP contribution in [0.25, 0.3) is 0 Å². The SMILES string of the molecule is [CH2]CC1CCC(C(C)C)CC1. The van der Waals surface area contributed by atoms with Gasteiger partial charge in [-0.3, -0.25) is 0 Å². The zero-order valence-corrected chi connectivity index (χ0v) is 7.97. The van der Waals surface area contributed by atoms with Crippen LogP contribution in [0.5, 0.6) is 0 Å². The first kappa shape index (κ1) is 9.09. The van der Waals surface area contributed by atoms with Crippen molar-refractivity contribution in [1.82, 2.24) is 0 Å². The van der Waals surface area contributed by atoms with Crippen LogP contribution < -0.4 is 0 Å². The molecular formula is C11H21. The Kier molecular flexibility index (Phi) is 3.42. The Morgan fingerprint density at radius 1 is 1.18 bits per heavy atom. The Morgan fingerprint density at radius 2 is 1.73 bits per heavy atom. The quantitative estimate of drug-likeness (QED) is 0.568. The van der Waals surface area contributed by atoms with Crippen LogP contribution in [0, 0.1) is 24.7 Å². The van der Waals surface area contributed by atoms with Gasteiger partial charge in [0.25, 0.3) is 0 Å². The van der Waals surface area contributed by atoms with Gasteiger partial charge in [0.2, 0.25) is 0 Å². The third-order valence-corrected chi connectivity index (χ3v) is 3.24. The molecule has 0 atom stereocenters. The van der Waals surface area contributed by atoms with Crippen LogP contribution in [-0.2, 0) is 0 Å². The molecular weight excluding hydrogens is 132 g/mol. The Hall–Kier alpha value is 0. The maximum atomic E-state index is 3.98. The second kappa shape index (κ2) is 4.13. The minimum absolute atomic E-state index is 0.903. The smallest absolute Gasteiger partial charge is 0.0391 e. The Labute approximate surface area is 71.4 Å². The molecule has 1 radical (unpaired) electrons. The molecule has 65 valence electrons. The molecule has 11 heavy (non-hydrogen) atoms. The maximum Gasteiger partial charge on any atom is -0.0391 e. The predicted octanol–water partition coefficient (Wildman–Crippen LogP) is 3.67. The van der Waals surface area contributed by atoms with Crippen molar-refractivity contribution in [2.75, 3.05) is 0 Å². The summed E-state index contributed by atoms with van der Waals surface area (Å²) in [6, 6.07) is 0. The summed E-state index contributed by atoms with van der Waals surface area (Å²) >= 11 is 0. The summed E-state index contributed by atoms with van der Waals surface area (Å²) in [5.41, 5.74) is 0. The lowest BCUT2D eigenvalue weighted by Gasteiger charge is -2.30. The topological polar surface area (TPSA) is 0 Å². The Balaban J connectivity index is 2.24. The van der Waals surface area contributed by atoms with E-state index in [9.17, 15) is 0 Å². The second-order valence-corrected chi connectivity index (χ2v) is 4.31. The van der Waals surface area contributed by atoms with E-state index in [-0.39, 0.29) is 0 Å². The van der Waals surface area contributed by atoms with Crippen LogP contribution in [0.2, 0.25) is 0 Å². The molecule has 1 rings (SSSR count). The average Bonchev–Trinajstić information content (AvgIpc) is 2.05. The molecule has 0 nitrogen and oxygen atoms in total. The summed E-state index contributed by atoms with van der Waals surface area (Å²) in [7, 11) is 0. The largest absolute Gasteiger partial charge is 0.0625 e. The van der Waals surface area contributed by atoms with Gasteiger partial charge in [-0.15, -0.1) is 0 Å². The van der Waals surface area contributed by atoms with Gasteiger partial charge in [0.15, 0.2) is 0 Å². The molecule has 0 aromatic rings. The molecule has 0 aliphatic heterocycles. The van der Waals surface area contributed by atoms with Crippen molar-refractivity contribution in [2.24, 2.45) is 17.8 Å². The fourth-order valence-electron chi connectivity index (χ4n) is 2.14. The van der Waals surface area contributed by atoms with Crippen molar-refractivity contribution >= 4 is 0 Å². The standard InChI is InChI=1S/C11H21/c1-4-10-5-7-11(8-6-10)9(2)3/h9-11H,1,4-8H2,2-3H3. The van der Waals surface area contributed by atoms with E-state index in [0.29, 0.717) is 0 Å². The van der Waals surface area contributed by atoms with Crippen molar-refractivity contribution in [1.29, 1.82) is 0 Å².